The highest BCUT2D eigenvalue weighted by Gasteiger charge is 2.30. The Morgan fingerprint density at radius 1 is 1.22 bits per heavy atom. The lowest BCUT2D eigenvalue weighted by molar-refractivity contribution is -0.120. The van der Waals surface area contributed by atoms with E-state index in [1.54, 1.807) is 18.6 Å². The second kappa shape index (κ2) is 9.74. The van der Waals surface area contributed by atoms with E-state index in [0.717, 1.165) is 54.4 Å². The fourth-order valence-corrected chi connectivity index (χ4v) is 4.13. The van der Waals surface area contributed by atoms with Gasteiger partial charge in [0.2, 0.25) is 0 Å². The van der Waals surface area contributed by atoms with Gasteiger partial charge in [0.15, 0.2) is 0 Å². The molecule has 0 saturated heterocycles. The van der Waals surface area contributed by atoms with E-state index >= 15 is 0 Å². The molecule has 0 bridgehead atoms. The summed E-state index contributed by atoms with van der Waals surface area (Å²) in [4.78, 5) is 27.3. The van der Waals surface area contributed by atoms with Crippen molar-refractivity contribution in [1.29, 1.82) is 0 Å². The zero-order valence-corrected chi connectivity index (χ0v) is 18.7. The number of nitrogens with zero attached hydrogens (tertiary/aromatic N) is 4. The van der Waals surface area contributed by atoms with Gasteiger partial charge < -0.3 is 15.2 Å². The molecule has 4 rings (SSSR count). The third kappa shape index (κ3) is 4.40. The predicted molar refractivity (Wildman–Crippen MR) is 128 cm³/mol. The average Bonchev–Trinajstić information content (AvgIpc) is 3.38. The fraction of sp³-hybridized carbons (Fsp3) is 0.333. The SMILES string of the molecule is CCN(CC)CCc1c(C)[nH]c(C=C2NC=CN=C2C2C=NNC2=O)c1-c1ccccn1. The Bertz CT molecular complexity index is 1090. The monoisotopic (exact) mass is 431 g/mol. The summed E-state index contributed by atoms with van der Waals surface area (Å²) < 4.78 is 0. The number of H-pyrrole nitrogens is 1. The lowest BCUT2D eigenvalue weighted by atomic mass is 9.97. The molecule has 0 radical (unpaired) electrons. The van der Waals surface area contributed by atoms with E-state index in [0.29, 0.717) is 5.71 Å². The van der Waals surface area contributed by atoms with Gasteiger partial charge in [0.05, 0.1) is 22.8 Å². The molecule has 1 unspecified atom stereocenters. The molecule has 2 aliphatic rings. The maximum Gasteiger partial charge on any atom is 0.254 e. The molecule has 4 heterocycles. The molecule has 32 heavy (non-hydrogen) atoms. The highest BCUT2D eigenvalue weighted by atomic mass is 16.2. The van der Waals surface area contributed by atoms with E-state index in [1.807, 2.05) is 30.5 Å². The summed E-state index contributed by atoms with van der Waals surface area (Å²) in [6, 6.07) is 5.96. The van der Waals surface area contributed by atoms with Crippen LogP contribution in [0.1, 0.15) is 30.8 Å². The topological polar surface area (TPSA) is 97.8 Å². The zero-order valence-electron chi connectivity index (χ0n) is 18.7. The second-order valence-electron chi connectivity index (χ2n) is 7.77. The van der Waals surface area contributed by atoms with Crippen molar-refractivity contribution < 1.29 is 4.79 Å². The molecule has 0 fully saturated rings. The third-order valence-corrected chi connectivity index (χ3v) is 5.91. The number of carbonyl (C=O) groups excluding carboxylic acids is 1. The number of amides is 1. The molecular weight excluding hydrogens is 402 g/mol. The van der Waals surface area contributed by atoms with Crippen LogP contribution < -0.4 is 10.7 Å². The number of hydrazone groups is 1. The molecule has 1 atom stereocenters. The highest BCUT2D eigenvalue weighted by molar-refractivity contribution is 6.24. The van der Waals surface area contributed by atoms with Crippen LogP contribution >= 0.6 is 0 Å². The van der Waals surface area contributed by atoms with Gasteiger partial charge in [-0.15, -0.1) is 0 Å². The van der Waals surface area contributed by atoms with Gasteiger partial charge in [0.25, 0.3) is 5.91 Å². The van der Waals surface area contributed by atoms with Crippen molar-refractivity contribution in [3.8, 4) is 11.3 Å². The lowest BCUT2D eigenvalue weighted by Crippen LogP contribution is -2.32. The van der Waals surface area contributed by atoms with Crippen molar-refractivity contribution in [3.05, 3.63) is 59.4 Å². The maximum atomic E-state index is 12.2. The van der Waals surface area contributed by atoms with Crippen molar-refractivity contribution in [1.82, 2.24) is 25.6 Å². The van der Waals surface area contributed by atoms with Gasteiger partial charge in [0, 0.05) is 42.6 Å². The minimum atomic E-state index is -0.518. The van der Waals surface area contributed by atoms with E-state index in [9.17, 15) is 4.79 Å². The summed E-state index contributed by atoms with van der Waals surface area (Å²) in [5, 5.41) is 7.15. The van der Waals surface area contributed by atoms with Crippen LogP contribution in [-0.4, -0.2) is 52.3 Å². The van der Waals surface area contributed by atoms with Gasteiger partial charge in [-0.1, -0.05) is 19.9 Å². The van der Waals surface area contributed by atoms with Crippen LogP contribution in [0.15, 0.2) is 52.6 Å². The molecule has 0 spiro atoms. The molecule has 166 valence electrons. The second-order valence-corrected chi connectivity index (χ2v) is 7.77. The van der Waals surface area contributed by atoms with Gasteiger partial charge in [0.1, 0.15) is 5.92 Å². The Hall–Kier alpha value is -3.52. The predicted octanol–water partition coefficient (Wildman–Crippen LogP) is 2.86. The van der Waals surface area contributed by atoms with Crippen LogP contribution in [0.4, 0.5) is 0 Å². The number of carbonyl (C=O) groups is 1. The molecule has 0 saturated carbocycles. The zero-order chi connectivity index (χ0) is 22.5. The first-order valence-electron chi connectivity index (χ1n) is 11.0. The van der Waals surface area contributed by atoms with Gasteiger partial charge in [-0.3, -0.25) is 14.8 Å². The van der Waals surface area contributed by atoms with Crippen molar-refractivity contribution in [2.45, 2.75) is 27.2 Å². The summed E-state index contributed by atoms with van der Waals surface area (Å²) >= 11 is 0. The van der Waals surface area contributed by atoms with Gasteiger partial charge in [-0.05, 0) is 50.2 Å². The van der Waals surface area contributed by atoms with Crippen LogP contribution in [0.5, 0.6) is 0 Å². The summed E-state index contributed by atoms with van der Waals surface area (Å²) in [7, 11) is 0. The Labute approximate surface area is 188 Å². The maximum absolute atomic E-state index is 12.2. The molecule has 3 N–H and O–H groups in total. The number of pyridine rings is 1. The van der Waals surface area contributed by atoms with Crippen LogP contribution in [0.3, 0.4) is 0 Å². The van der Waals surface area contributed by atoms with E-state index in [4.69, 9.17) is 0 Å². The van der Waals surface area contributed by atoms with E-state index in [1.165, 1.54) is 5.56 Å². The largest absolute Gasteiger partial charge is 0.359 e. The summed E-state index contributed by atoms with van der Waals surface area (Å²) in [6.45, 7) is 9.51. The fourth-order valence-electron chi connectivity index (χ4n) is 4.13. The number of aryl methyl sites for hydroxylation is 1. The van der Waals surface area contributed by atoms with Crippen LogP contribution in [0, 0.1) is 12.8 Å². The van der Waals surface area contributed by atoms with E-state index in [-0.39, 0.29) is 5.91 Å². The lowest BCUT2D eigenvalue weighted by Gasteiger charge is -2.18. The molecule has 0 aliphatic carbocycles. The number of aromatic nitrogens is 2. The van der Waals surface area contributed by atoms with E-state index in [2.05, 4.69) is 56.5 Å². The minimum Gasteiger partial charge on any atom is -0.359 e. The van der Waals surface area contributed by atoms with Crippen LogP contribution in [0.25, 0.3) is 17.3 Å². The number of aliphatic imine (C=N–C) groups is 1. The molecule has 0 aromatic carbocycles. The summed E-state index contributed by atoms with van der Waals surface area (Å²) in [5.74, 6) is -0.700. The Morgan fingerprint density at radius 2 is 2.06 bits per heavy atom. The number of hydrogen-bond acceptors (Lipinski definition) is 6. The average molecular weight is 432 g/mol. The quantitative estimate of drug-likeness (QED) is 0.599. The Morgan fingerprint density at radius 3 is 2.75 bits per heavy atom. The highest BCUT2D eigenvalue weighted by Crippen LogP contribution is 2.31. The molecule has 2 aliphatic heterocycles. The molecule has 2 aromatic rings. The smallest absolute Gasteiger partial charge is 0.254 e. The van der Waals surface area contributed by atoms with Gasteiger partial charge >= 0.3 is 0 Å². The first-order chi connectivity index (χ1) is 15.6. The number of likely N-dealkylation sites (N-methyl/N-ethyl adjacent to an activating group) is 1. The van der Waals surface area contributed by atoms with Crippen molar-refractivity contribution in [2.75, 3.05) is 19.6 Å². The van der Waals surface area contributed by atoms with Crippen molar-refractivity contribution in [3.63, 3.8) is 0 Å². The number of rotatable bonds is 8. The summed E-state index contributed by atoms with van der Waals surface area (Å²) in [6.07, 6.45) is 9.75. The van der Waals surface area contributed by atoms with Crippen molar-refractivity contribution >= 4 is 23.9 Å². The minimum absolute atomic E-state index is 0.181. The van der Waals surface area contributed by atoms with Gasteiger partial charge in [-0.2, -0.15) is 5.10 Å². The Balaban J connectivity index is 1.76. The standard InChI is InChI=1S/C24H29N7O/c1-4-31(5-2)13-9-17-16(3)29-20(22(17)19-8-6-7-10-25-19)14-21-23(27-12-11-26-21)18-15-28-30-24(18)32/h6-8,10-12,14-15,18,26,29H,4-5,9,13H2,1-3H3,(H,30,32). The van der Waals surface area contributed by atoms with E-state index < -0.39 is 5.92 Å². The van der Waals surface area contributed by atoms with Crippen LogP contribution in [0.2, 0.25) is 0 Å². The summed E-state index contributed by atoms with van der Waals surface area (Å²) in [5.41, 5.74) is 9.21. The number of aromatic amines is 1. The first-order valence-corrected chi connectivity index (χ1v) is 11.0. The number of allylic oxidation sites excluding steroid dienone is 1. The number of hydrogen-bond donors (Lipinski definition) is 3. The molecule has 1 amide bonds. The molecule has 8 heteroatoms. The number of nitrogens with one attached hydrogen (secondary N) is 3. The van der Waals surface area contributed by atoms with Crippen LogP contribution in [-0.2, 0) is 11.2 Å². The molecular formula is C24H29N7O. The molecule has 2 aromatic heterocycles. The third-order valence-electron chi connectivity index (χ3n) is 5.91. The Kier molecular flexibility index (Phi) is 6.61. The first kappa shape index (κ1) is 21.7. The van der Waals surface area contributed by atoms with Gasteiger partial charge in [-0.25, -0.2) is 5.43 Å². The normalized spacial score (nSPS) is 18.9. The van der Waals surface area contributed by atoms with Crippen molar-refractivity contribution in [2.24, 2.45) is 16.0 Å². The molecule has 8 nitrogen and oxygen atoms in total.